The smallest absolute Gasteiger partial charge is 0.315 e. The van der Waals surface area contributed by atoms with Gasteiger partial charge < -0.3 is 10.6 Å². The molecule has 2 heterocycles. The number of urea groups is 1. The predicted molar refractivity (Wildman–Crippen MR) is 95.2 cm³/mol. The van der Waals surface area contributed by atoms with Crippen LogP contribution in [0.5, 0.6) is 0 Å². The average molecular weight is 340 g/mol. The predicted octanol–water partition coefficient (Wildman–Crippen LogP) is 3.66. The number of benzene rings is 1. The van der Waals surface area contributed by atoms with Crippen LogP contribution < -0.4 is 10.6 Å². The first-order chi connectivity index (χ1) is 11.8. The van der Waals surface area contributed by atoms with Crippen molar-refractivity contribution in [3.05, 3.63) is 58.9 Å². The average Bonchev–Trinajstić information content (AvgIpc) is 3.11. The molecule has 2 N–H and O–H groups in total. The first-order valence-corrected chi connectivity index (χ1v) is 9.21. The number of hydrogen-bond donors (Lipinski definition) is 2. The third-order valence-corrected chi connectivity index (χ3v) is 5.27. The van der Waals surface area contributed by atoms with E-state index in [1.165, 1.54) is 17.5 Å². The van der Waals surface area contributed by atoms with E-state index in [4.69, 9.17) is 0 Å². The van der Waals surface area contributed by atoms with E-state index in [1.54, 1.807) is 11.3 Å². The van der Waals surface area contributed by atoms with Crippen molar-refractivity contribution in [1.82, 2.24) is 20.0 Å². The van der Waals surface area contributed by atoms with Gasteiger partial charge in [0, 0.05) is 17.8 Å². The van der Waals surface area contributed by atoms with Crippen LogP contribution in [-0.4, -0.2) is 15.4 Å². The molecule has 0 radical (unpaired) electrons. The lowest BCUT2D eigenvalue weighted by Gasteiger charge is -2.19. The summed E-state index contributed by atoms with van der Waals surface area (Å²) in [5, 5.41) is 8.05. The largest absolute Gasteiger partial charge is 0.332 e. The summed E-state index contributed by atoms with van der Waals surface area (Å²) in [7, 11) is 0. The van der Waals surface area contributed by atoms with Crippen molar-refractivity contribution in [2.45, 2.75) is 38.3 Å². The van der Waals surface area contributed by atoms with E-state index >= 15 is 0 Å². The Morgan fingerprint density at radius 1 is 1.33 bits per heavy atom. The molecular formula is C18H20N4OS. The zero-order chi connectivity index (χ0) is 16.4. The fourth-order valence-corrected chi connectivity index (χ4v) is 4.03. The van der Waals surface area contributed by atoms with Crippen molar-refractivity contribution < 1.29 is 4.79 Å². The number of carbonyl (C=O) groups is 1. The summed E-state index contributed by atoms with van der Waals surface area (Å²) in [6, 6.07) is 8.39. The minimum absolute atomic E-state index is 0.0918. The second-order valence-electron chi connectivity index (χ2n) is 6.15. The van der Waals surface area contributed by atoms with E-state index in [-0.39, 0.29) is 12.1 Å². The Balaban J connectivity index is 1.39. The molecule has 0 fully saturated rings. The van der Waals surface area contributed by atoms with Crippen LogP contribution in [0.3, 0.4) is 0 Å². The van der Waals surface area contributed by atoms with Crippen LogP contribution in [0.1, 0.15) is 42.1 Å². The highest BCUT2D eigenvalue weighted by atomic mass is 32.1. The van der Waals surface area contributed by atoms with Gasteiger partial charge in [-0.05, 0) is 30.4 Å². The van der Waals surface area contributed by atoms with Gasteiger partial charge in [-0.3, -0.25) is 4.40 Å². The summed E-state index contributed by atoms with van der Waals surface area (Å²) in [4.78, 5) is 17.7. The molecule has 0 bridgehead atoms. The summed E-state index contributed by atoms with van der Waals surface area (Å²) in [5.41, 5.74) is 3.49. The van der Waals surface area contributed by atoms with E-state index in [0.29, 0.717) is 6.54 Å². The highest BCUT2D eigenvalue weighted by molar-refractivity contribution is 7.15. The van der Waals surface area contributed by atoms with Crippen LogP contribution in [0.2, 0.25) is 0 Å². The standard InChI is InChI=1S/C18H20N4OS/c23-17(19-11-14-12-22-9-10-24-18(22)20-14)21-16-8-4-2-6-13-5-1-3-7-15(13)16/h1,3,5,7,9-10,12,16H,2,4,6,8,11H2,(H2,19,21,23)/t16-/m1/s1. The first-order valence-electron chi connectivity index (χ1n) is 8.33. The minimum atomic E-state index is -0.131. The number of hydrogen-bond acceptors (Lipinski definition) is 3. The summed E-state index contributed by atoms with van der Waals surface area (Å²) in [5.74, 6) is 0. The Bertz CT molecular complexity index is 825. The molecule has 0 saturated heterocycles. The third-order valence-electron chi connectivity index (χ3n) is 4.50. The molecule has 1 aromatic carbocycles. The van der Waals surface area contributed by atoms with E-state index in [0.717, 1.165) is 29.9 Å². The van der Waals surface area contributed by atoms with Crippen molar-refractivity contribution in [1.29, 1.82) is 0 Å². The van der Waals surface area contributed by atoms with Crippen LogP contribution in [0.25, 0.3) is 4.96 Å². The number of carbonyl (C=O) groups excluding carboxylic acids is 1. The molecular weight excluding hydrogens is 320 g/mol. The van der Waals surface area contributed by atoms with Crippen molar-refractivity contribution in [3.63, 3.8) is 0 Å². The number of nitrogens with one attached hydrogen (secondary N) is 2. The van der Waals surface area contributed by atoms with Crippen molar-refractivity contribution >= 4 is 22.3 Å². The second kappa shape index (κ2) is 6.65. The van der Waals surface area contributed by atoms with E-state index in [9.17, 15) is 4.79 Å². The number of fused-ring (bicyclic) bond motifs is 2. The maximum absolute atomic E-state index is 12.3. The Morgan fingerprint density at radius 3 is 3.17 bits per heavy atom. The summed E-state index contributed by atoms with van der Waals surface area (Å²) < 4.78 is 1.97. The van der Waals surface area contributed by atoms with Crippen molar-refractivity contribution in [2.24, 2.45) is 0 Å². The van der Waals surface area contributed by atoms with Gasteiger partial charge in [-0.1, -0.05) is 30.7 Å². The Kier molecular flexibility index (Phi) is 4.21. The molecule has 6 heteroatoms. The number of aryl methyl sites for hydroxylation is 1. The molecule has 124 valence electrons. The maximum Gasteiger partial charge on any atom is 0.315 e. The number of nitrogens with zero attached hydrogens (tertiary/aromatic N) is 2. The molecule has 2 aromatic heterocycles. The van der Waals surface area contributed by atoms with Gasteiger partial charge in [0.25, 0.3) is 0 Å². The van der Waals surface area contributed by atoms with Gasteiger partial charge in [0.1, 0.15) is 0 Å². The number of aromatic nitrogens is 2. The lowest BCUT2D eigenvalue weighted by atomic mass is 9.99. The zero-order valence-corrected chi connectivity index (χ0v) is 14.2. The first kappa shape index (κ1) is 15.2. The lowest BCUT2D eigenvalue weighted by Crippen LogP contribution is -2.37. The van der Waals surface area contributed by atoms with Gasteiger partial charge in [0.15, 0.2) is 4.96 Å². The van der Waals surface area contributed by atoms with Crippen molar-refractivity contribution in [3.8, 4) is 0 Å². The Labute approximate surface area is 144 Å². The quantitative estimate of drug-likeness (QED) is 0.715. The zero-order valence-electron chi connectivity index (χ0n) is 13.4. The Hall–Kier alpha value is -2.34. The number of thiazole rings is 1. The van der Waals surface area contributed by atoms with E-state index in [2.05, 4.69) is 39.9 Å². The minimum Gasteiger partial charge on any atom is -0.332 e. The van der Waals surface area contributed by atoms with Gasteiger partial charge in [-0.2, -0.15) is 0 Å². The highest BCUT2D eigenvalue weighted by Crippen LogP contribution is 2.28. The van der Waals surface area contributed by atoms with Crippen molar-refractivity contribution in [2.75, 3.05) is 0 Å². The van der Waals surface area contributed by atoms with Gasteiger partial charge in [-0.15, -0.1) is 11.3 Å². The highest BCUT2D eigenvalue weighted by Gasteiger charge is 2.20. The topological polar surface area (TPSA) is 58.4 Å². The second-order valence-corrected chi connectivity index (χ2v) is 7.02. The van der Waals surface area contributed by atoms with Gasteiger partial charge >= 0.3 is 6.03 Å². The van der Waals surface area contributed by atoms with E-state index in [1.807, 2.05) is 22.2 Å². The van der Waals surface area contributed by atoms with Crippen LogP contribution >= 0.6 is 11.3 Å². The van der Waals surface area contributed by atoms with Crippen LogP contribution in [-0.2, 0) is 13.0 Å². The normalized spacial score (nSPS) is 17.2. The maximum atomic E-state index is 12.3. The van der Waals surface area contributed by atoms with Gasteiger partial charge in [0.2, 0.25) is 0 Å². The van der Waals surface area contributed by atoms with Crippen LogP contribution in [0.15, 0.2) is 42.0 Å². The molecule has 24 heavy (non-hydrogen) atoms. The number of amides is 2. The fourth-order valence-electron chi connectivity index (χ4n) is 3.31. The molecule has 4 rings (SSSR count). The van der Waals surface area contributed by atoms with Gasteiger partial charge in [-0.25, -0.2) is 9.78 Å². The lowest BCUT2D eigenvalue weighted by molar-refractivity contribution is 0.235. The molecule has 1 aliphatic carbocycles. The molecule has 1 atom stereocenters. The SMILES string of the molecule is O=C(NCc1cn2ccsc2n1)N[C@@H]1CCCCc2ccccc21. The molecule has 0 aliphatic heterocycles. The molecule has 0 spiro atoms. The molecule has 3 aromatic rings. The number of imidazole rings is 1. The molecule has 0 saturated carbocycles. The summed E-state index contributed by atoms with van der Waals surface area (Å²) in [6.45, 7) is 0.439. The fraction of sp³-hybridized carbons (Fsp3) is 0.333. The monoisotopic (exact) mass is 340 g/mol. The van der Waals surface area contributed by atoms with E-state index < -0.39 is 0 Å². The van der Waals surface area contributed by atoms with Crippen LogP contribution in [0.4, 0.5) is 4.79 Å². The summed E-state index contributed by atoms with van der Waals surface area (Å²) in [6.07, 6.45) is 8.33. The molecule has 1 aliphatic rings. The molecule has 0 unspecified atom stereocenters. The van der Waals surface area contributed by atoms with Crippen LogP contribution in [0, 0.1) is 0 Å². The Morgan fingerprint density at radius 2 is 2.25 bits per heavy atom. The van der Waals surface area contributed by atoms with Gasteiger partial charge in [0.05, 0.1) is 18.3 Å². The third kappa shape index (κ3) is 3.14. The summed E-state index contributed by atoms with van der Waals surface area (Å²) >= 11 is 1.59. The number of rotatable bonds is 3. The molecule has 5 nitrogen and oxygen atoms in total. The molecule has 2 amide bonds.